The van der Waals surface area contributed by atoms with E-state index in [1.54, 1.807) is 0 Å². The van der Waals surface area contributed by atoms with Crippen molar-refractivity contribution >= 4 is 16.8 Å². The number of hydrogen-bond donors (Lipinski definition) is 0. The summed E-state index contributed by atoms with van der Waals surface area (Å²) in [6.07, 6.45) is 7.43. The first-order chi connectivity index (χ1) is 6.18. The lowest BCUT2D eigenvalue weighted by Gasteiger charge is -2.55. The van der Waals surface area contributed by atoms with Gasteiger partial charge in [-0.25, -0.2) is 0 Å². The maximum Gasteiger partial charge on any atom is 0.227 e. The Morgan fingerprint density at radius 3 is 1.69 bits per heavy atom. The third kappa shape index (κ3) is 1.09. The zero-order valence-corrected chi connectivity index (χ0v) is 8.52. The molecule has 0 aromatic heterocycles. The van der Waals surface area contributed by atoms with Gasteiger partial charge in [0.15, 0.2) is 0 Å². The molecule has 13 heavy (non-hydrogen) atoms. The lowest BCUT2D eigenvalue weighted by molar-refractivity contribution is -0.135. The van der Waals surface area contributed by atoms with Crippen LogP contribution in [-0.2, 0) is 4.79 Å². The highest BCUT2D eigenvalue weighted by Crippen LogP contribution is 2.60. The Morgan fingerprint density at radius 1 is 1.00 bits per heavy atom. The van der Waals surface area contributed by atoms with E-state index in [1.165, 1.54) is 19.3 Å². The average Bonchev–Trinajstić information content (AvgIpc) is 2.00. The predicted octanol–water partition coefficient (Wildman–Crippen LogP) is 2.97. The molecule has 0 aliphatic heterocycles. The Morgan fingerprint density at radius 2 is 1.38 bits per heavy atom. The van der Waals surface area contributed by atoms with E-state index in [9.17, 15) is 4.79 Å². The minimum absolute atomic E-state index is 0.0356. The van der Waals surface area contributed by atoms with Crippen LogP contribution in [0.15, 0.2) is 0 Å². The molecular weight excluding hydrogens is 185 g/mol. The molecule has 1 nitrogen and oxygen atoms in total. The zero-order chi connectivity index (χ0) is 9.05. The van der Waals surface area contributed by atoms with Crippen molar-refractivity contribution in [2.24, 2.45) is 23.2 Å². The van der Waals surface area contributed by atoms with Crippen LogP contribution in [0.4, 0.5) is 0 Å². The van der Waals surface area contributed by atoms with Crippen LogP contribution in [0.3, 0.4) is 0 Å². The second kappa shape index (κ2) is 2.50. The maximum absolute atomic E-state index is 11.5. The molecule has 0 atom stereocenters. The Labute approximate surface area is 83.8 Å². The van der Waals surface area contributed by atoms with Gasteiger partial charge in [-0.3, -0.25) is 4.79 Å². The monoisotopic (exact) mass is 199 g/mol. The molecule has 4 fully saturated rings. The van der Waals surface area contributed by atoms with Crippen LogP contribution in [0.25, 0.3) is 0 Å². The molecule has 0 saturated heterocycles. The molecule has 4 rings (SSSR count). The number of halogens is 1. The minimum Gasteiger partial charge on any atom is -0.281 e. The second-order valence-corrected chi connectivity index (χ2v) is 5.81. The van der Waals surface area contributed by atoms with Gasteiger partial charge >= 0.3 is 0 Å². The molecule has 2 heteroatoms. The van der Waals surface area contributed by atoms with E-state index in [2.05, 4.69) is 0 Å². The molecule has 0 unspecified atom stereocenters. The Hall–Kier alpha value is -0.0400. The molecule has 0 spiro atoms. The first-order valence-electron chi connectivity index (χ1n) is 5.38. The van der Waals surface area contributed by atoms with E-state index in [0.29, 0.717) is 0 Å². The molecule has 4 saturated carbocycles. The first-order valence-corrected chi connectivity index (χ1v) is 5.76. The Bertz CT molecular complexity index is 224. The van der Waals surface area contributed by atoms with Gasteiger partial charge in [0, 0.05) is 5.41 Å². The van der Waals surface area contributed by atoms with Crippen molar-refractivity contribution in [2.75, 3.05) is 0 Å². The summed E-state index contributed by atoms with van der Waals surface area (Å²) in [5.41, 5.74) is -0.0731. The summed E-state index contributed by atoms with van der Waals surface area (Å²) >= 11 is 5.76. The highest BCUT2D eigenvalue weighted by Gasteiger charge is 2.53. The molecule has 4 aliphatic rings. The van der Waals surface area contributed by atoms with Crippen LogP contribution in [0.1, 0.15) is 38.5 Å². The van der Waals surface area contributed by atoms with Crippen molar-refractivity contribution in [1.82, 2.24) is 0 Å². The standard InChI is InChI=1S/C11H15ClO/c12-10(13)11-4-7-1-8(5-11)3-9(2-7)6-11/h7-9H,1-6H2/i10+1. The van der Waals surface area contributed by atoms with Gasteiger partial charge in [0.1, 0.15) is 0 Å². The predicted molar refractivity (Wildman–Crippen MR) is 51.5 cm³/mol. The quantitative estimate of drug-likeness (QED) is 0.469. The van der Waals surface area contributed by atoms with E-state index in [-0.39, 0.29) is 10.7 Å². The Balaban J connectivity index is 1.95. The highest BCUT2D eigenvalue weighted by atomic mass is 35.5. The van der Waals surface area contributed by atoms with Crippen molar-refractivity contribution < 1.29 is 4.79 Å². The molecule has 0 N–H and O–H groups in total. The van der Waals surface area contributed by atoms with Crippen molar-refractivity contribution in [1.29, 1.82) is 0 Å². The van der Waals surface area contributed by atoms with Gasteiger partial charge < -0.3 is 0 Å². The van der Waals surface area contributed by atoms with E-state index in [4.69, 9.17) is 11.6 Å². The number of hydrogen-bond acceptors (Lipinski definition) is 1. The van der Waals surface area contributed by atoms with Crippen molar-refractivity contribution in [3.8, 4) is 0 Å². The normalized spacial score (nSPS) is 52.5. The number of rotatable bonds is 1. The smallest absolute Gasteiger partial charge is 0.227 e. The summed E-state index contributed by atoms with van der Waals surface area (Å²) < 4.78 is 0. The van der Waals surface area contributed by atoms with E-state index < -0.39 is 0 Å². The summed E-state index contributed by atoms with van der Waals surface area (Å²) in [4.78, 5) is 11.5. The van der Waals surface area contributed by atoms with Crippen LogP contribution >= 0.6 is 11.6 Å². The molecule has 72 valence electrons. The van der Waals surface area contributed by atoms with Gasteiger partial charge in [0.25, 0.3) is 0 Å². The molecule has 4 bridgehead atoms. The van der Waals surface area contributed by atoms with Crippen LogP contribution in [0.2, 0.25) is 0 Å². The summed E-state index contributed by atoms with van der Waals surface area (Å²) in [5, 5.41) is -0.0356. The SMILES string of the molecule is O=[13C](Cl)C12CC3CC(CC(C3)C1)C2. The fraction of sp³-hybridized carbons (Fsp3) is 0.909. The summed E-state index contributed by atoms with van der Waals surface area (Å²) in [7, 11) is 0. The summed E-state index contributed by atoms with van der Waals surface area (Å²) in [6.45, 7) is 0. The first kappa shape index (κ1) is 8.28. The third-order valence-electron chi connectivity index (χ3n) is 4.46. The molecule has 0 aromatic rings. The van der Waals surface area contributed by atoms with Crippen LogP contribution < -0.4 is 0 Å². The number of carbonyl (C=O) groups excluding carboxylic acids is 1. The van der Waals surface area contributed by atoms with Crippen LogP contribution in [0, 0.1) is 23.2 Å². The topological polar surface area (TPSA) is 17.1 Å². The highest BCUT2D eigenvalue weighted by molar-refractivity contribution is 6.64. The van der Waals surface area contributed by atoms with Gasteiger partial charge in [-0.05, 0) is 67.9 Å². The van der Waals surface area contributed by atoms with Gasteiger partial charge in [0.2, 0.25) is 5.24 Å². The van der Waals surface area contributed by atoms with Crippen LogP contribution in [0.5, 0.6) is 0 Å². The number of carbonyl (C=O) groups is 1. The fourth-order valence-electron chi connectivity index (χ4n) is 4.35. The molecule has 0 aromatic carbocycles. The summed E-state index contributed by atoms with van der Waals surface area (Å²) in [5.74, 6) is 2.48. The molecule has 0 heterocycles. The van der Waals surface area contributed by atoms with Crippen molar-refractivity contribution in [2.45, 2.75) is 38.5 Å². The van der Waals surface area contributed by atoms with E-state index >= 15 is 0 Å². The Kier molecular flexibility index (Phi) is 1.59. The van der Waals surface area contributed by atoms with Gasteiger partial charge in [0.05, 0.1) is 0 Å². The summed E-state index contributed by atoms with van der Waals surface area (Å²) in [6, 6.07) is 0. The van der Waals surface area contributed by atoms with Gasteiger partial charge in [-0.1, -0.05) is 0 Å². The minimum atomic E-state index is -0.0731. The second-order valence-electron chi connectivity index (χ2n) is 5.47. The van der Waals surface area contributed by atoms with Crippen molar-refractivity contribution in [3.63, 3.8) is 0 Å². The maximum atomic E-state index is 11.5. The lowest BCUT2D eigenvalue weighted by Crippen LogP contribution is -2.48. The fourth-order valence-corrected chi connectivity index (χ4v) is 4.58. The van der Waals surface area contributed by atoms with Gasteiger partial charge in [-0.15, -0.1) is 0 Å². The largest absolute Gasteiger partial charge is 0.281 e. The van der Waals surface area contributed by atoms with Crippen LogP contribution in [-0.4, -0.2) is 5.24 Å². The average molecular weight is 200 g/mol. The van der Waals surface area contributed by atoms with E-state index in [0.717, 1.165) is 37.0 Å². The molecule has 0 radical (unpaired) electrons. The van der Waals surface area contributed by atoms with E-state index in [1.807, 2.05) is 0 Å². The van der Waals surface area contributed by atoms with Gasteiger partial charge in [-0.2, -0.15) is 0 Å². The molecule has 4 aliphatic carbocycles. The van der Waals surface area contributed by atoms with Crippen molar-refractivity contribution in [3.05, 3.63) is 0 Å². The third-order valence-corrected chi connectivity index (χ3v) is 4.86. The zero-order valence-electron chi connectivity index (χ0n) is 7.76. The molecular formula is C11H15ClO. The molecule has 0 amide bonds. The lowest BCUT2D eigenvalue weighted by atomic mass is 9.52.